The number of aromatic nitrogens is 1. The Bertz CT molecular complexity index is 461. The van der Waals surface area contributed by atoms with Crippen LogP contribution >= 0.6 is 24.0 Å². The third kappa shape index (κ3) is 6.94. The van der Waals surface area contributed by atoms with Crippen molar-refractivity contribution in [3.63, 3.8) is 0 Å². The van der Waals surface area contributed by atoms with Gasteiger partial charge in [-0.1, -0.05) is 19.0 Å². The second kappa shape index (κ2) is 11.6. The molecule has 0 aromatic carbocycles. The van der Waals surface area contributed by atoms with Crippen LogP contribution in [0.1, 0.15) is 26.5 Å². The predicted molar refractivity (Wildman–Crippen MR) is 106 cm³/mol. The monoisotopic (exact) mass is 451 g/mol. The molecule has 1 saturated heterocycles. The molecule has 24 heavy (non-hydrogen) atoms. The summed E-state index contributed by atoms with van der Waals surface area (Å²) in [6, 6.07) is 2.30. The van der Waals surface area contributed by atoms with Crippen LogP contribution in [0.2, 0.25) is 0 Å². The van der Waals surface area contributed by atoms with Gasteiger partial charge in [0.05, 0.1) is 19.8 Å². The Labute approximate surface area is 161 Å². The molecule has 1 aromatic rings. The Kier molecular flexibility index (Phi) is 10.3. The van der Waals surface area contributed by atoms with Crippen LogP contribution in [-0.4, -0.2) is 61.5 Å². The number of morpholine rings is 1. The lowest BCUT2D eigenvalue weighted by Gasteiger charge is -2.37. The first-order chi connectivity index (χ1) is 11.2. The highest BCUT2D eigenvalue weighted by Gasteiger charge is 2.23. The van der Waals surface area contributed by atoms with Gasteiger partial charge < -0.3 is 19.9 Å². The molecule has 0 spiro atoms. The van der Waals surface area contributed by atoms with E-state index in [4.69, 9.17) is 9.26 Å². The molecule has 0 amide bonds. The van der Waals surface area contributed by atoms with Crippen LogP contribution in [0.25, 0.3) is 0 Å². The second-order valence-corrected chi connectivity index (χ2v) is 6.03. The first-order valence-electron chi connectivity index (χ1n) is 8.44. The molecule has 1 aromatic heterocycles. The van der Waals surface area contributed by atoms with E-state index in [9.17, 15) is 0 Å². The lowest BCUT2D eigenvalue weighted by atomic mass is 10.0. The first kappa shape index (κ1) is 21.2. The minimum atomic E-state index is 0. The highest BCUT2D eigenvalue weighted by molar-refractivity contribution is 14.0. The third-order valence-electron chi connectivity index (χ3n) is 4.00. The van der Waals surface area contributed by atoms with E-state index < -0.39 is 0 Å². The third-order valence-corrected chi connectivity index (χ3v) is 4.00. The second-order valence-electron chi connectivity index (χ2n) is 6.03. The van der Waals surface area contributed by atoms with Crippen LogP contribution in [0.3, 0.4) is 0 Å². The van der Waals surface area contributed by atoms with Crippen molar-refractivity contribution in [3.8, 4) is 0 Å². The number of rotatable bonds is 7. The SMILES string of the molecule is CCNC(=NCc1ccon1)NCC(C(C)C)N1CCOCC1.I. The number of nitrogens with one attached hydrogen (secondary N) is 2. The van der Waals surface area contributed by atoms with E-state index >= 15 is 0 Å². The molecule has 0 saturated carbocycles. The molecule has 1 fully saturated rings. The molecule has 2 rings (SSSR count). The Morgan fingerprint density at radius 3 is 2.67 bits per heavy atom. The van der Waals surface area contributed by atoms with Gasteiger partial charge in [-0.2, -0.15) is 0 Å². The van der Waals surface area contributed by atoms with E-state index in [1.807, 2.05) is 6.07 Å². The predicted octanol–water partition coefficient (Wildman–Crippen LogP) is 1.70. The van der Waals surface area contributed by atoms with Gasteiger partial charge in [-0.15, -0.1) is 24.0 Å². The van der Waals surface area contributed by atoms with E-state index in [-0.39, 0.29) is 24.0 Å². The molecule has 0 radical (unpaired) electrons. The van der Waals surface area contributed by atoms with Crippen LogP contribution in [0, 0.1) is 5.92 Å². The van der Waals surface area contributed by atoms with Crippen molar-refractivity contribution >= 4 is 29.9 Å². The maximum absolute atomic E-state index is 5.46. The molecule has 2 N–H and O–H groups in total. The summed E-state index contributed by atoms with van der Waals surface area (Å²) >= 11 is 0. The molecular weight excluding hydrogens is 421 g/mol. The van der Waals surface area contributed by atoms with Gasteiger partial charge in [0.2, 0.25) is 0 Å². The van der Waals surface area contributed by atoms with Gasteiger partial charge in [0, 0.05) is 38.3 Å². The van der Waals surface area contributed by atoms with Crippen molar-refractivity contribution in [2.45, 2.75) is 33.4 Å². The van der Waals surface area contributed by atoms with E-state index in [0.29, 0.717) is 18.5 Å². The van der Waals surface area contributed by atoms with Crippen molar-refractivity contribution in [2.75, 3.05) is 39.4 Å². The smallest absolute Gasteiger partial charge is 0.191 e. The standard InChI is InChI=1S/C16H29N5O2.HI/c1-4-17-16(18-11-14-5-8-23-20-14)19-12-15(13(2)3)21-6-9-22-10-7-21;/h5,8,13,15H,4,6-7,9-12H2,1-3H3,(H2,17,18,19);1H. The lowest BCUT2D eigenvalue weighted by molar-refractivity contribution is 0.00752. The van der Waals surface area contributed by atoms with Gasteiger partial charge in [0.15, 0.2) is 5.96 Å². The Hall–Kier alpha value is -0.870. The Balaban J connectivity index is 0.00000288. The Morgan fingerprint density at radius 2 is 2.08 bits per heavy atom. The van der Waals surface area contributed by atoms with Crippen molar-refractivity contribution in [2.24, 2.45) is 10.9 Å². The minimum absolute atomic E-state index is 0. The fourth-order valence-electron chi connectivity index (χ4n) is 2.72. The number of guanidine groups is 1. The number of halogens is 1. The van der Waals surface area contributed by atoms with Crippen LogP contribution in [0.15, 0.2) is 21.8 Å². The quantitative estimate of drug-likeness (QED) is 0.374. The average molecular weight is 451 g/mol. The number of aliphatic imine (C=N–C) groups is 1. The van der Waals surface area contributed by atoms with Crippen molar-refractivity contribution in [1.29, 1.82) is 0 Å². The summed E-state index contributed by atoms with van der Waals surface area (Å²) < 4.78 is 10.3. The topological polar surface area (TPSA) is 74.9 Å². The maximum Gasteiger partial charge on any atom is 0.191 e. The molecule has 0 aliphatic carbocycles. The number of hydrogen-bond acceptors (Lipinski definition) is 5. The minimum Gasteiger partial charge on any atom is -0.379 e. The van der Waals surface area contributed by atoms with Gasteiger partial charge in [-0.3, -0.25) is 4.90 Å². The summed E-state index contributed by atoms with van der Waals surface area (Å²) in [6.07, 6.45) is 1.57. The molecular formula is C16H30IN5O2. The van der Waals surface area contributed by atoms with E-state index in [2.05, 4.69) is 46.5 Å². The van der Waals surface area contributed by atoms with Crippen LogP contribution in [0.4, 0.5) is 0 Å². The zero-order valence-electron chi connectivity index (χ0n) is 14.8. The van der Waals surface area contributed by atoms with Crippen LogP contribution in [-0.2, 0) is 11.3 Å². The molecule has 8 heteroatoms. The molecule has 7 nitrogen and oxygen atoms in total. The summed E-state index contributed by atoms with van der Waals surface area (Å²) in [5.74, 6) is 1.38. The van der Waals surface area contributed by atoms with Crippen molar-refractivity contribution < 1.29 is 9.26 Å². The molecule has 2 heterocycles. The van der Waals surface area contributed by atoms with Crippen molar-refractivity contribution in [1.82, 2.24) is 20.7 Å². The van der Waals surface area contributed by atoms with Gasteiger partial charge in [0.25, 0.3) is 0 Å². The largest absolute Gasteiger partial charge is 0.379 e. The summed E-state index contributed by atoms with van der Waals surface area (Å²) in [4.78, 5) is 7.06. The zero-order valence-corrected chi connectivity index (χ0v) is 17.2. The van der Waals surface area contributed by atoms with E-state index in [1.54, 1.807) is 6.26 Å². The van der Waals surface area contributed by atoms with Gasteiger partial charge >= 0.3 is 0 Å². The highest BCUT2D eigenvalue weighted by atomic mass is 127. The van der Waals surface area contributed by atoms with E-state index in [1.165, 1.54) is 0 Å². The number of hydrogen-bond donors (Lipinski definition) is 2. The summed E-state index contributed by atoms with van der Waals surface area (Å²) in [5.41, 5.74) is 0.829. The normalized spacial score (nSPS) is 17.4. The Morgan fingerprint density at radius 1 is 1.33 bits per heavy atom. The first-order valence-corrected chi connectivity index (χ1v) is 8.44. The molecule has 0 bridgehead atoms. The van der Waals surface area contributed by atoms with E-state index in [0.717, 1.165) is 51.0 Å². The molecule has 1 aliphatic rings. The molecule has 138 valence electrons. The maximum atomic E-state index is 5.46. The summed E-state index contributed by atoms with van der Waals surface area (Å²) in [5, 5.41) is 10.6. The average Bonchev–Trinajstić information content (AvgIpc) is 3.07. The molecule has 1 unspecified atom stereocenters. The van der Waals surface area contributed by atoms with Gasteiger partial charge in [-0.05, 0) is 12.8 Å². The van der Waals surface area contributed by atoms with Crippen LogP contribution in [0.5, 0.6) is 0 Å². The fraction of sp³-hybridized carbons (Fsp3) is 0.750. The molecule has 1 aliphatic heterocycles. The summed E-state index contributed by atoms with van der Waals surface area (Å²) in [6.45, 7) is 12.4. The van der Waals surface area contributed by atoms with Crippen LogP contribution < -0.4 is 10.6 Å². The fourth-order valence-corrected chi connectivity index (χ4v) is 2.72. The van der Waals surface area contributed by atoms with Crippen molar-refractivity contribution in [3.05, 3.63) is 18.0 Å². The van der Waals surface area contributed by atoms with Gasteiger partial charge in [-0.25, -0.2) is 4.99 Å². The summed E-state index contributed by atoms with van der Waals surface area (Å²) in [7, 11) is 0. The number of nitrogens with zero attached hydrogens (tertiary/aromatic N) is 3. The zero-order chi connectivity index (χ0) is 16.5. The highest BCUT2D eigenvalue weighted by Crippen LogP contribution is 2.12. The molecule has 1 atom stereocenters. The van der Waals surface area contributed by atoms with Gasteiger partial charge in [0.1, 0.15) is 12.0 Å². The number of ether oxygens (including phenoxy) is 1. The lowest BCUT2D eigenvalue weighted by Crippen LogP contribution is -2.52.